The average molecular weight is 457 g/mol. The Kier molecular flexibility index (Phi) is 6.27. The highest BCUT2D eigenvalue weighted by Crippen LogP contribution is 2.25. The zero-order chi connectivity index (χ0) is 22.0. The quantitative estimate of drug-likeness (QED) is 0.399. The Balaban J connectivity index is 1.42. The number of ketones is 1. The van der Waals surface area contributed by atoms with E-state index in [1.165, 1.54) is 28.2 Å². The zero-order valence-electron chi connectivity index (χ0n) is 17.5. The van der Waals surface area contributed by atoms with Gasteiger partial charge in [0, 0.05) is 31.3 Å². The van der Waals surface area contributed by atoms with E-state index in [4.69, 9.17) is 0 Å². The van der Waals surface area contributed by atoms with Crippen molar-refractivity contribution in [2.45, 2.75) is 29.8 Å². The lowest BCUT2D eigenvalue weighted by atomic mass is 10.1. The van der Waals surface area contributed by atoms with E-state index in [2.05, 4.69) is 10.2 Å². The number of nitrogens with zero attached hydrogens (tertiary/aromatic N) is 4. The summed E-state index contributed by atoms with van der Waals surface area (Å²) < 4.78 is 28.6. The van der Waals surface area contributed by atoms with Crippen LogP contribution in [-0.4, -0.2) is 52.1 Å². The second-order valence-electron chi connectivity index (χ2n) is 7.58. The van der Waals surface area contributed by atoms with E-state index >= 15 is 0 Å². The Bertz CT molecular complexity index is 1200. The minimum absolute atomic E-state index is 0.0878. The number of carbonyl (C=O) groups excluding carboxylic acids is 1. The Morgan fingerprint density at radius 1 is 1.06 bits per heavy atom. The van der Waals surface area contributed by atoms with Gasteiger partial charge in [-0.05, 0) is 38.0 Å². The number of Topliss-reactive ketones (excluding diaryl/α,β-unsaturated/α-hetero) is 1. The van der Waals surface area contributed by atoms with Gasteiger partial charge in [-0.1, -0.05) is 47.7 Å². The zero-order valence-corrected chi connectivity index (χ0v) is 19.1. The van der Waals surface area contributed by atoms with Crippen LogP contribution < -0.4 is 0 Å². The largest absolute Gasteiger partial charge is 0.305 e. The van der Waals surface area contributed by atoms with Gasteiger partial charge in [0.25, 0.3) is 0 Å². The number of benzene rings is 2. The fraction of sp³-hybridized carbons (Fsp3) is 0.318. The van der Waals surface area contributed by atoms with Crippen molar-refractivity contribution in [3.8, 4) is 11.4 Å². The molecule has 3 aromatic rings. The third kappa shape index (κ3) is 4.58. The Morgan fingerprint density at radius 3 is 2.45 bits per heavy atom. The molecule has 4 rings (SSSR count). The molecule has 0 aliphatic carbocycles. The van der Waals surface area contributed by atoms with Crippen molar-refractivity contribution in [3.05, 3.63) is 59.7 Å². The first kappa shape index (κ1) is 21.7. The van der Waals surface area contributed by atoms with Crippen LogP contribution in [0.4, 0.5) is 0 Å². The molecule has 1 aliphatic heterocycles. The first-order chi connectivity index (χ1) is 14.9. The van der Waals surface area contributed by atoms with E-state index in [1.807, 2.05) is 42.8 Å². The van der Waals surface area contributed by atoms with Crippen molar-refractivity contribution < 1.29 is 13.2 Å². The van der Waals surface area contributed by atoms with Crippen molar-refractivity contribution in [1.29, 1.82) is 0 Å². The van der Waals surface area contributed by atoms with Crippen molar-refractivity contribution in [2.24, 2.45) is 7.05 Å². The molecule has 0 bridgehead atoms. The molecule has 0 radical (unpaired) electrons. The molecule has 1 fully saturated rings. The van der Waals surface area contributed by atoms with Gasteiger partial charge < -0.3 is 4.57 Å². The molecule has 1 aromatic heterocycles. The molecule has 2 aromatic carbocycles. The molecule has 0 spiro atoms. The smallest absolute Gasteiger partial charge is 0.243 e. The standard InChI is InChI=1S/C22H24N4O3S2/c1-16-6-5-7-18(14-16)21-23-24-22(25(21)2)30-15-20(27)17-8-10-19(11-9-17)31(28,29)26-12-3-4-13-26/h5-11,14H,3-4,12-13,15H2,1-2H3. The molecule has 0 atom stereocenters. The van der Waals surface area contributed by atoms with Crippen LogP contribution in [0.5, 0.6) is 0 Å². The number of sulfonamides is 1. The van der Waals surface area contributed by atoms with E-state index in [-0.39, 0.29) is 16.4 Å². The van der Waals surface area contributed by atoms with Gasteiger partial charge in [-0.25, -0.2) is 8.42 Å². The Labute approximate surface area is 186 Å². The number of aryl methyl sites for hydroxylation is 1. The molecule has 7 nitrogen and oxygen atoms in total. The van der Waals surface area contributed by atoms with Crippen LogP contribution in [0, 0.1) is 6.92 Å². The maximum absolute atomic E-state index is 12.6. The first-order valence-corrected chi connectivity index (χ1v) is 12.5. The van der Waals surface area contributed by atoms with Crippen LogP contribution >= 0.6 is 11.8 Å². The minimum atomic E-state index is -3.47. The van der Waals surface area contributed by atoms with Crippen LogP contribution in [0.1, 0.15) is 28.8 Å². The van der Waals surface area contributed by atoms with Crippen LogP contribution in [0.15, 0.2) is 58.6 Å². The Morgan fingerprint density at radius 2 is 1.77 bits per heavy atom. The average Bonchev–Trinajstić information content (AvgIpc) is 3.43. The summed E-state index contributed by atoms with van der Waals surface area (Å²) in [7, 11) is -1.60. The summed E-state index contributed by atoms with van der Waals surface area (Å²) in [5.41, 5.74) is 2.59. The van der Waals surface area contributed by atoms with E-state index in [1.54, 1.807) is 12.1 Å². The summed E-state index contributed by atoms with van der Waals surface area (Å²) in [6, 6.07) is 14.2. The van der Waals surface area contributed by atoms with Gasteiger partial charge in [-0.2, -0.15) is 4.31 Å². The topological polar surface area (TPSA) is 85.2 Å². The lowest BCUT2D eigenvalue weighted by Gasteiger charge is -2.15. The van der Waals surface area contributed by atoms with Crippen molar-refractivity contribution in [1.82, 2.24) is 19.1 Å². The summed E-state index contributed by atoms with van der Waals surface area (Å²) in [4.78, 5) is 12.9. The van der Waals surface area contributed by atoms with Gasteiger partial charge in [0.15, 0.2) is 16.8 Å². The predicted molar refractivity (Wildman–Crippen MR) is 121 cm³/mol. The third-order valence-corrected chi connectivity index (χ3v) is 8.26. The van der Waals surface area contributed by atoms with E-state index in [0.717, 1.165) is 29.8 Å². The lowest BCUT2D eigenvalue weighted by Crippen LogP contribution is -2.27. The normalized spacial score (nSPS) is 14.8. The predicted octanol–water partition coefficient (Wildman–Crippen LogP) is 3.55. The van der Waals surface area contributed by atoms with Crippen LogP contribution in [-0.2, 0) is 17.1 Å². The minimum Gasteiger partial charge on any atom is -0.305 e. The second-order valence-corrected chi connectivity index (χ2v) is 10.5. The molecular weight excluding hydrogens is 432 g/mol. The second kappa shape index (κ2) is 8.94. The number of aromatic nitrogens is 3. The molecule has 9 heteroatoms. The maximum Gasteiger partial charge on any atom is 0.243 e. The van der Waals surface area contributed by atoms with Gasteiger partial charge in [0.05, 0.1) is 10.6 Å². The van der Waals surface area contributed by atoms with Gasteiger partial charge in [-0.15, -0.1) is 10.2 Å². The fourth-order valence-corrected chi connectivity index (χ4v) is 5.90. The molecule has 0 N–H and O–H groups in total. The lowest BCUT2D eigenvalue weighted by molar-refractivity contribution is 0.102. The third-order valence-electron chi connectivity index (χ3n) is 5.32. The number of carbonyl (C=O) groups is 1. The highest BCUT2D eigenvalue weighted by molar-refractivity contribution is 7.99. The maximum atomic E-state index is 12.6. The number of hydrogen-bond acceptors (Lipinski definition) is 6. The SMILES string of the molecule is Cc1cccc(-c2nnc(SCC(=O)c3ccc(S(=O)(=O)N4CCCC4)cc3)n2C)c1. The summed E-state index contributed by atoms with van der Waals surface area (Å²) in [6.45, 7) is 3.14. The molecule has 0 unspecified atom stereocenters. The fourth-order valence-electron chi connectivity index (χ4n) is 3.58. The van der Waals surface area contributed by atoms with Crippen molar-refractivity contribution >= 4 is 27.6 Å². The van der Waals surface area contributed by atoms with E-state index in [9.17, 15) is 13.2 Å². The highest BCUT2D eigenvalue weighted by Gasteiger charge is 2.27. The first-order valence-electron chi connectivity index (χ1n) is 10.1. The van der Waals surface area contributed by atoms with Gasteiger partial charge in [-0.3, -0.25) is 4.79 Å². The summed E-state index contributed by atoms with van der Waals surface area (Å²) in [5.74, 6) is 0.850. The molecule has 1 aliphatic rings. The molecule has 162 valence electrons. The molecular formula is C22H24N4O3S2. The number of thioether (sulfide) groups is 1. The molecule has 2 heterocycles. The number of hydrogen-bond donors (Lipinski definition) is 0. The van der Waals surface area contributed by atoms with E-state index < -0.39 is 10.0 Å². The summed E-state index contributed by atoms with van der Waals surface area (Å²) >= 11 is 1.31. The molecule has 31 heavy (non-hydrogen) atoms. The molecule has 1 saturated heterocycles. The summed E-state index contributed by atoms with van der Waals surface area (Å²) in [6.07, 6.45) is 1.78. The van der Waals surface area contributed by atoms with Gasteiger partial charge in [0.1, 0.15) is 0 Å². The monoisotopic (exact) mass is 456 g/mol. The van der Waals surface area contributed by atoms with Gasteiger partial charge >= 0.3 is 0 Å². The molecule has 0 amide bonds. The van der Waals surface area contributed by atoms with Crippen molar-refractivity contribution in [3.63, 3.8) is 0 Å². The van der Waals surface area contributed by atoms with E-state index in [0.29, 0.717) is 23.8 Å². The van der Waals surface area contributed by atoms with Gasteiger partial charge in [0.2, 0.25) is 10.0 Å². The van der Waals surface area contributed by atoms with Crippen LogP contribution in [0.2, 0.25) is 0 Å². The summed E-state index contributed by atoms with van der Waals surface area (Å²) in [5, 5.41) is 9.13. The number of rotatable bonds is 7. The highest BCUT2D eigenvalue weighted by atomic mass is 32.2. The van der Waals surface area contributed by atoms with Crippen LogP contribution in [0.25, 0.3) is 11.4 Å². The van der Waals surface area contributed by atoms with Crippen LogP contribution in [0.3, 0.4) is 0 Å². The van der Waals surface area contributed by atoms with Crippen molar-refractivity contribution in [2.75, 3.05) is 18.8 Å². The molecule has 0 saturated carbocycles. The Hall–Kier alpha value is -2.49.